The van der Waals surface area contributed by atoms with E-state index < -0.39 is 37.3 Å². The van der Waals surface area contributed by atoms with Crippen molar-refractivity contribution in [2.75, 3.05) is 6.61 Å². The van der Waals surface area contributed by atoms with Gasteiger partial charge in [0, 0.05) is 21.6 Å². The van der Waals surface area contributed by atoms with Gasteiger partial charge in [0.05, 0.1) is 6.61 Å². The molecule has 0 amide bonds. The number of benzene rings is 1. The maximum absolute atomic E-state index is 9.99. The number of ether oxygens (including phenoxy) is 2. The Hall–Kier alpha value is -1.16. The fourth-order valence-corrected chi connectivity index (χ4v) is 2.82. The van der Waals surface area contributed by atoms with Crippen molar-refractivity contribution in [3.8, 4) is 5.75 Å². The lowest BCUT2D eigenvalue weighted by Gasteiger charge is -2.39. The van der Waals surface area contributed by atoms with Crippen LogP contribution in [0.3, 0.4) is 0 Å². The summed E-state index contributed by atoms with van der Waals surface area (Å²) in [6, 6.07) is 5.57. The number of hydrogen-bond acceptors (Lipinski definition) is 6. The summed E-state index contributed by atoms with van der Waals surface area (Å²) in [5.41, 5.74) is 0.836. The number of H-pyrrole nitrogens is 1. The van der Waals surface area contributed by atoms with E-state index in [-0.39, 0.29) is 0 Å². The highest BCUT2D eigenvalue weighted by Gasteiger charge is 2.44. The normalized spacial score (nSPS) is 32.3. The first-order valence-electron chi connectivity index (χ1n) is 6.75. The third kappa shape index (κ3) is 2.73. The highest BCUT2D eigenvalue weighted by Crippen LogP contribution is 2.31. The summed E-state index contributed by atoms with van der Waals surface area (Å²) in [5.74, 6) is 0.431. The lowest BCUT2D eigenvalue weighted by Crippen LogP contribution is -2.60. The highest BCUT2D eigenvalue weighted by molar-refractivity contribution is 9.10. The number of fused-ring (bicyclic) bond motifs is 1. The quantitative estimate of drug-likeness (QED) is 0.521. The average Bonchev–Trinajstić information content (AvgIpc) is 2.90. The molecule has 2 aromatic rings. The molecule has 0 spiro atoms. The van der Waals surface area contributed by atoms with Crippen LogP contribution in [0.4, 0.5) is 0 Å². The van der Waals surface area contributed by atoms with Gasteiger partial charge in [0.1, 0.15) is 30.2 Å². The summed E-state index contributed by atoms with van der Waals surface area (Å²) in [6.45, 7) is -0.496. The minimum absolute atomic E-state index is 0.431. The van der Waals surface area contributed by atoms with Crippen LogP contribution in [0.25, 0.3) is 10.9 Å². The van der Waals surface area contributed by atoms with Crippen molar-refractivity contribution >= 4 is 26.8 Å². The summed E-state index contributed by atoms with van der Waals surface area (Å²) >= 11 is 3.37. The van der Waals surface area contributed by atoms with Crippen molar-refractivity contribution in [1.29, 1.82) is 0 Å². The molecule has 1 saturated heterocycles. The molecular formula is C14H16BrNO6. The van der Waals surface area contributed by atoms with Crippen LogP contribution in [0, 0.1) is 0 Å². The molecule has 1 unspecified atom stereocenters. The largest absolute Gasteiger partial charge is 0.460 e. The fraction of sp³-hybridized carbons (Fsp3) is 0.429. The topological polar surface area (TPSA) is 115 Å². The van der Waals surface area contributed by atoms with Crippen molar-refractivity contribution in [2.45, 2.75) is 30.7 Å². The summed E-state index contributed by atoms with van der Waals surface area (Å²) in [4.78, 5) is 3.02. The monoisotopic (exact) mass is 373 g/mol. The molecule has 3 rings (SSSR count). The lowest BCUT2D eigenvalue weighted by atomic mass is 9.99. The van der Waals surface area contributed by atoms with E-state index in [0.717, 1.165) is 15.4 Å². The number of aliphatic hydroxyl groups is 4. The number of halogens is 1. The first kappa shape index (κ1) is 15.7. The van der Waals surface area contributed by atoms with E-state index in [1.807, 2.05) is 18.2 Å². The Bertz CT molecular complexity index is 660. The van der Waals surface area contributed by atoms with Crippen molar-refractivity contribution in [2.24, 2.45) is 0 Å². The van der Waals surface area contributed by atoms with Gasteiger partial charge < -0.3 is 34.9 Å². The lowest BCUT2D eigenvalue weighted by molar-refractivity contribution is -0.277. The molecule has 22 heavy (non-hydrogen) atoms. The van der Waals surface area contributed by atoms with Crippen molar-refractivity contribution in [3.63, 3.8) is 0 Å². The minimum atomic E-state index is -1.46. The standard InChI is InChI=1S/C14H16BrNO6/c15-6-1-2-8-7(3-6)9(4-16-8)21-14-13(20)12(19)11(18)10(5-17)22-14/h1-4,10-14,16-20H,5H2/t10-,11-,12+,13-,14?/m1/s1. The fourth-order valence-electron chi connectivity index (χ4n) is 2.45. The first-order chi connectivity index (χ1) is 10.5. The van der Waals surface area contributed by atoms with E-state index >= 15 is 0 Å². The predicted molar refractivity (Wildman–Crippen MR) is 80.4 cm³/mol. The van der Waals surface area contributed by atoms with Crippen LogP contribution in [-0.4, -0.2) is 62.7 Å². The van der Waals surface area contributed by atoms with E-state index in [1.165, 1.54) is 0 Å². The summed E-state index contributed by atoms with van der Waals surface area (Å²) in [5, 5.41) is 39.4. The van der Waals surface area contributed by atoms with E-state index in [0.29, 0.717) is 5.75 Å². The van der Waals surface area contributed by atoms with Crippen molar-refractivity contribution in [3.05, 3.63) is 28.9 Å². The van der Waals surface area contributed by atoms with E-state index in [4.69, 9.17) is 9.47 Å². The molecule has 0 saturated carbocycles. The van der Waals surface area contributed by atoms with Gasteiger partial charge in [0.15, 0.2) is 0 Å². The molecular weight excluding hydrogens is 358 g/mol. The Morgan fingerprint density at radius 2 is 1.95 bits per heavy atom. The first-order valence-corrected chi connectivity index (χ1v) is 7.54. The van der Waals surface area contributed by atoms with Crippen molar-refractivity contribution in [1.82, 2.24) is 4.98 Å². The van der Waals surface area contributed by atoms with E-state index in [9.17, 15) is 20.4 Å². The van der Waals surface area contributed by atoms with E-state index in [1.54, 1.807) is 6.20 Å². The Morgan fingerprint density at radius 1 is 1.18 bits per heavy atom. The maximum atomic E-state index is 9.99. The maximum Gasteiger partial charge on any atom is 0.229 e. The van der Waals surface area contributed by atoms with Gasteiger partial charge in [0.25, 0.3) is 0 Å². The Kier molecular flexibility index (Phi) is 4.40. The van der Waals surface area contributed by atoms with Gasteiger partial charge in [0.2, 0.25) is 6.29 Å². The SMILES string of the molecule is OC[C@H]1OC(Oc2c[nH]c3ccc(Br)cc23)[C@H](O)[C@@H](O)[C@@H]1O. The van der Waals surface area contributed by atoms with Gasteiger partial charge >= 0.3 is 0 Å². The van der Waals surface area contributed by atoms with Gasteiger partial charge in [-0.25, -0.2) is 0 Å². The molecule has 0 aliphatic carbocycles. The Labute approximate surface area is 134 Å². The predicted octanol–water partition coefficient (Wildman–Crippen LogP) is 0.109. The average molecular weight is 374 g/mol. The molecule has 1 aromatic heterocycles. The number of aromatic nitrogens is 1. The van der Waals surface area contributed by atoms with Crippen LogP contribution < -0.4 is 4.74 Å². The smallest absolute Gasteiger partial charge is 0.229 e. The van der Waals surface area contributed by atoms with Crippen LogP contribution in [-0.2, 0) is 4.74 Å². The number of aromatic amines is 1. The Balaban J connectivity index is 1.85. The van der Waals surface area contributed by atoms with Crippen LogP contribution in [0.5, 0.6) is 5.75 Å². The molecule has 120 valence electrons. The molecule has 1 aromatic carbocycles. The molecule has 1 aliphatic rings. The zero-order valence-corrected chi connectivity index (χ0v) is 13.0. The van der Waals surface area contributed by atoms with Crippen molar-refractivity contribution < 1.29 is 29.9 Å². The summed E-state index contributed by atoms with van der Waals surface area (Å²) in [7, 11) is 0. The second kappa shape index (κ2) is 6.15. The highest BCUT2D eigenvalue weighted by atomic mass is 79.9. The third-order valence-electron chi connectivity index (χ3n) is 3.70. The second-order valence-corrected chi connectivity index (χ2v) is 6.07. The van der Waals surface area contributed by atoms with Crippen LogP contribution >= 0.6 is 15.9 Å². The molecule has 2 heterocycles. The zero-order valence-electron chi connectivity index (χ0n) is 11.4. The molecule has 1 aliphatic heterocycles. The second-order valence-electron chi connectivity index (χ2n) is 5.16. The number of nitrogens with one attached hydrogen (secondary N) is 1. The molecule has 7 nitrogen and oxygen atoms in total. The summed E-state index contributed by atoms with van der Waals surface area (Å²) < 4.78 is 11.8. The van der Waals surface area contributed by atoms with Crippen LogP contribution in [0.15, 0.2) is 28.9 Å². The van der Waals surface area contributed by atoms with E-state index in [2.05, 4.69) is 20.9 Å². The molecule has 5 N–H and O–H groups in total. The third-order valence-corrected chi connectivity index (χ3v) is 4.19. The van der Waals surface area contributed by atoms with Gasteiger partial charge in [-0.1, -0.05) is 15.9 Å². The molecule has 8 heteroatoms. The molecule has 1 fully saturated rings. The van der Waals surface area contributed by atoms with Crippen LogP contribution in [0.2, 0.25) is 0 Å². The van der Waals surface area contributed by atoms with Gasteiger partial charge in [-0.3, -0.25) is 0 Å². The minimum Gasteiger partial charge on any atom is -0.460 e. The van der Waals surface area contributed by atoms with Gasteiger partial charge in [-0.05, 0) is 18.2 Å². The van der Waals surface area contributed by atoms with Gasteiger partial charge in [-0.15, -0.1) is 0 Å². The number of rotatable bonds is 3. The molecule has 5 atom stereocenters. The number of hydrogen-bond donors (Lipinski definition) is 5. The molecule has 0 radical (unpaired) electrons. The summed E-state index contributed by atoms with van der Waals surface area (Å²) in [6.07, 6.45) is -4.90. The number of aliphatic hydroxyl groups excluding tert-OH is 4. The Morgan fingerprint density at radius 3 is 2.68 bits per heavy atom. The zero-order chi connectivity index (χ0) is 15.9. The molecule has 0 bridgehead atoms. The van der Waals surface area contributed by atoms with Gasteiger partial charge in [-0.2, -0.15) is 0 Å². The van der Waals surface area contributed by atoms with Crippen LogP contribution in [0.1, 0.15) is 0 Å².